The van der Waals surface area contributed by atoms with Gasteiger partial charge in [-0.1, -0.05) is 57.9 Å². The fourth-order valence-electron chi connectivity index (χ4n) is 2.32. The SMILES string of the molecule is CN(CCC(N)c1ccccc1Br)Cc1cccc(Cl)c1. The minimum absolute atomic E-state index is 0.0439. The van der Waals surface area contributed by atoms with E-state index in [1.165, 1.54) is 5.56 Å². The van der Waals surface area contributed by atoms with Crippen molar-refractivity contribution in [2.75, 3.05) is 13.6 Å². The monoisotopic (exact) mass is 366 g/mol. The Labute approximate surface area is 140 Å². The Morgan fingerprint density at radius 2 is 1.95 bits per heavy atom. The van der Waals surface area contributed by atoms with Crippen LogP contribution >= 0.6 is 27.5 Å². The summed E-state index contributed by atoms with van der Waals surface area (Å²) < 4.78 is 1.08. The predicted octanol–water partition coefficient (Wildman–Crippen LogP) is 4.62. The first-order valence-corrected chi connectivity index (χ1v) is 8.16. The first kappa shape index (κ1) is 16.5. The smallest absolute Gasteiger partial charge is 0.0409 e. The molecule has 112 valence electrons. The van der Waals surface area contributed by atoms with E-state index in [1.807, 2.05) is 36.4 Å². The maximum atomic E-state index is 6.28. The van der Waals surface area contributed by atoms with Gasteiger partial charge >= 0.3 is 0 Å². The van der Waals surface area contributed by atoms with Gasteiger partial charge in [-0.3, -0.25) is 0 Å². The highest BCUT2D eigenvalue weighted by molar-refractivity contribution is 9.10. The first-order valence-electron chi connectivity index (χ1n) is 6.99. The third kappa shape index (κ3) is 5.11. The second-order valence-corrected chi connectivity index (χ2v) is 6.58. The highest BCUT2D eigenvalue weighted by Crippen LogP contribution is 2.23. The summed E-state index contributed by atoms with van der Waals surface area (Å²) in [6.45, 7) is 1.82. The molecule has 0 aliphatic rings. The first-order chi connectivity index (χ1) is 10.1. The number of benzene rings is 2. The molecule has 0 radical (unpaired) electrons. The van der Waals surface area contributed by atoms with E-state index in [2.05, 4.69) is 40.0 Å². The zero-order valence-corrected chi connectivity index (χ0v) is 14.4. The summed E-state index contributed by atoms with van der Waals surface area (Å²) in [5.74, 6) is 0. The van der Waals surface area contributed by atoms with Crippen LogP contribution < -0.4 is 5.73 Å². The molecule has 0 fully saturated rings. The van der Waals surface area contributed by atoms with E-state index in [4.69, 9.17) is 17.3 Å². The number of hydrogen-bond donors (Lipinski definition) is 1. The van der Waals surface area contributed by atoms with Crippen LogP contribution in [-0.4, -0.2) is 18.5 Å². The lowest BCUT2D eigenvalue weighted by molar-refractivity contribution is 0.311. The molecule has 0 amide bonds. The molecular weight excluding hydrogens is 348 g/mol. The van der Waals surface area contributed by atoms with Crippen molar-refractivity contribution < 1.29 is 0 Å². The van der Waals surface area contributed by atoms with Gasteiger partial charge in [0.05, 0.1) is 0 Å². The summed E-state index contributed by atoms with van der Waals surface area (Å²) in [6.07, 6.45) is 0.916. The zero-order chi connectivity index (χ0) is 15.2. The summed E-state index contributed by atoms with van der Waals surface area (Å²) in [6, 6.07) is 16.2. The molecule has 2 rings (SSSR count). The van der Waals surface area contributed by atoms with Crippen LogP contribution in [0.2, 0.25) is 5.02 Å². The Morgan fingerprint density at radius 1 is 1.19 bits per heavy atom. The molecule has 2 aromatic carbocycles. The van der Waals surface area contributed by atoms with E-state index >= 15 is 0 Å². The molecule has 2 nitrogen and oxygen atoms in total. The summed E-state index contributed by atoms with van der Waals surface area (Å²) in [5, 5.41) is 0.783. The average Bonchev–Trinajstić information content (AvgIpc) is 2.45. The van der Waals surface area contributed by atoms with Crippen LogP contribution in [0, 0.1) is 0 Å². The molecule has 1 unspecified atom stereocenters. The highest BCUT2D eigenvalue weighted by atomic mass is 79.9. The Morgan fingerprint density at radius 3 is 2.67 bits per heavy atom. The molecule has 0 aliphatic carbocycles. The molecule has 21 heavy (non-hydrogen) atoms. The van der Waals surface area contributed by atoms with E-state index < -0.39 is 0 Å². The molecule has 0 spiro atoms. The van der Waals surface area contributed by atoms with Crippen LogP contribution in [0.3, 0.4) is 0 Å². The average molecular weight is 368 g/mol. The van der Waals surface area contributed by atoms with Crippen molar-refractivity contribution in [2.24, 2.45) is 5.73 Å². The summed E-state index contributed by atoms with van der Waals surface area (Å²) in [7, 11) is 2.10. The maximum absolute atomic E-state index is 6.28. The van der Waals surface area contributed by atoms with Gasteiger partial charge in [0.2, 0.25) is 0 Å². The maximum Gasteiger partial charge on any atom is 0.0409 e. The Bertz CT molecular complexity index is 589. The Kier molecular flexibility index (Phi) is 6.24. The van der Waals surface area contributed by atoms with Gasteiger partial charge in [-0.2, -0.15) is 0 Å². The minimum Gasteiger partial charge on any atom is -0.324 e. The van der Waals surface area contributed by atoms with Crippen molar-refractivity contribution in [3.05, 3.63) is 69.2 Å². The highest BCUT2D eigenvalue weighted by Gasteiger charge is 2.10. The van der Waals surface area contributed by atoms with Gasteiger partial charge < -0.3 is 10.6 Å². The van der Waals surface area contributed by atoms with Crippen LogP contribution in [0.1, 0.15) is 23.6 Å². The molecule has 0 aliphatic heterocycles. The largest absolute Gasteiger partial charge is 0.324 e. The molecule has 0 bridgehead atoms. The van der Waals surface area contributed by atoms with Gasteiger partial charge in [-0.15, -0.1) is 0 Å². The zero-order valence-electron chi connectivity index (χ0n) is 12.1. The summed E-state index contributed by atoms with van der Waals surface area (Å²) in [5.41, 5.74) is 8.67. The third-order valence-corrected chi connectivity index (χ3v) is 4.43. The normalized spacial score (nSPS) is 12.6. The molecule has 0 heterocycles. The van der Waals surface area contributed by atoms with Crippen LogP contribution in [0.4, 0.5) is 0 Å². The Hall–Kier alpha value is -0.870. The lowest BCUT2D eigenvalue weighted by atomic mass is 10.0. The topological polar surface area (TPSA) is 29.3 Å². The predicted molar refractivity (Wildman–Crippen MR) is 93.5 cm³/mol. The Balaban J connectivity index is 1.86. The van der Waals surface area contributed by atoms with E-state index in [-0.39, 0.29) is 6.04 Å². The van der Waals surface area contributed by atoms with Crippen LogP contribution in [-0.2, 0) is 6.54 Å². The standard InChI is InChI=1S/C17H20BrClN2/c1-21(12-13-5-4-6-14(19)11-13)10-9-17(20)15-7-2-3-8-16(15)18/h2-8,11,17H,9-10,12,20H2,1H3. The quantitative estimate of drug-likeness (QED) is 0.807. The van der Waals surface area contributed by atoms with Crippen molar-refractivity contribution >= 4 is 27.5 Å². The van der Waals surface area contributed by atoms with Crippen molar-refractivity contribution in [3.8, 4) is 0 Å². The number of nitrogens with two attached hydrogens (primary N) is 1. The van der Waals surface area contributed by atoms with Crippen molar-refractivity contribution in [3.63, 3.8) is 0 Å². The number of halogens is 2. The van der Waals surface area contributed by atoms with Gasteiger partial charge in [0.1, 0.15) is 0 Å². The molecule has 0 aromatic heterocycles. The van der Waals surface area contributed by atoms with E-state index in [1.54, 1.807) is 0 Å². The number of nitrogens with zero attached hydrogens (tertiary/aromatic N) is 1. The van der Waals surface area contributed by atoms with Crippen molar-refractivity contribution in [2.45, 2.75) is 19.0 Å². The van der Waals surface area contributed by atoms with Crippen molar-refractivity contribution in [1.82, 2.24) is 4.90 Å². The van der Waals surface area contributed by atoms with Crippen molar-refractivity contribution in [1.29, 1.82) is 0 Å². The minimum atomic E-state index is 0.0439. The third-order valence-electron chi connectivity index (χ3n) is 3.47. The van der Waals surface area contributed by atoms with E-state index in [0.29, 0.717) is 0 Å². The lowest BCUT2D eigenvalue weighted by Gasteiger charge is -2.20. The molecule has 2 aromatic rings. The second-order valence-electron chi connectivity index (χ2n) is 5.28. The number of rotatable bonds is 6. The van der Waals surface area contributed by atoms with Gasteiger partial charge in [0.15, 0.2) is 0 Å². The van der Waals surface area contributed by atoms with Crippen LogP contribution in [0.25, 0.3) is 0 Å². The second kappa shape index (κ2) is 7.95. The molecular formula is C17H20BrClN2. The van der Waals surface area contributed by atoms with E-state index in [0.717, 1.165) is 34.6 Å². The molecule has 1 atom stereocenters. The van der Waals surface area contributed by atoms with Gasteiger partial charge in [0, 0.05) is 22.1 Å². The van der Waals surface area contributed by atoms with E-state index in [9.17, 15) is 0 Å². The fraction of sp³-hybridized carbons (Fsp3) is 0.294. The molecule has 0 saturated carbocycles. The lowest BCUT2D eigenvalue weighted by Crippen LogP contribution is -2.23. The van der Waals surface area contributed by atoms with Crippen LogP contribution in [0.5, 0.6) is 0 Å². The summed E-state index contributed by atoms with van der Waals surface area (Å²) >= 11 is 9.57. The molecule has 4 heteroatoms. The fourth-order valence-corrected chi connectivity index (χ4v) is 3.11. The van der Waals surface area contributed by atoms with Gasteiger partial charge in [0.25, 0.3) is 0 Å². The van der Waals surface area contributed by atoms with Crippen LogP contribution in [0.15, 0.2) is 53.0 Å². The van der Waals surface area contributed by atoms with Gasteiger partial charge in [-0.25, -0.2) is 0 Å². The molecule has 2 N–H and O–H groups in total. The molecule has 0 saturated heterocycles. The number of hydrogen-bond acceptors (Lipinski definition) is 2. The summed E-state index contributed by atoms with van der Waals surface area (Å²) in [4.78, 5) is 2.27. The van der Waals surface area contributed by atoms with Gasteiger partial charge in [-0.05, 0) is 49.3 Å².